The Kier molecular flexibility index (Phi) is 4.23. The summed E-state index contributed by atoms with van der Waals surface area (Å²) in [6, 6.07) is 6.54. The molecule has 0 saturated carbocycles. The van der Waals surface area contributed by atoms with Crippen LogP contribution in [0.3, 0.4) is 0 Å². The van der Waals surface area contributed by atoms with E-state index in [9.17, 15) is 14.7 Å². The summed E-state index contributed by atoms with van der Waals surface area (Å²) >= 11 is 5.68. The molecule has 0 unspecified atom stereocenters. The molecular formula is C15H13ClN2O3. The Morgan fingerprint density at radius 3 is 2.24 bits per heavy atom. The van der Waals surface area contributed by atoms with E-state index in [0.717, 1.165) is 0 Å². The molecule has 0 spiro atoms. The summed E-state index contributed by atoms with van der Waals surface area (Å²) in [6.45, 7) is 3.35. The van der Waals surface area contributed by atoms with Crippen molar-refractivity contribution in [1.82, 2.24) is 4.98 Å². The fourth-order valence-corrected chi connectivity index (χ4v) is 2.13. The average Bonchev–Trinajstić information content (AvgIpc) is 2.43. The van der Waals surface area contributed by atoms with Crippen molar-refractivity contribution in [2.75, 3.05) is 5.32 Å². The summed E-state index contributed by atoms with van der Waals surface area (Å²) < 4.78 is 0. The van der Waals surface area contributed by atoms with Crippen molar-refractivity contribution in [3.8, 4) is 0 Å². The van der Waals surface area contributed by atoms with E-state index in [2.05, 4.69) is 10.3 Å². The molecule has 1 aromatic heterocycles. The van der Waals surface area contributed by atoms with Crippen molar-refractivity contribution in [2.45, 2.75) is 13.8 Å². The zero-order chi connectivity index (χ0) is 15.6. The molecule has 21 heavy (non-hydrogen) atoms. The number of carbonyl (C=O) groups excluding carboxylic acids is 1. The van der Waals surface area contributed by atoms with Crippen molar-refractivity contribution in [3.05, 3.63) is 57.9 Å². The minimum absolute atomic E-state index is 0.00872. The highest BCUT2D eigenvalue weighted by atomic mass is 35.5. The van der Waals surface area contributed by atoms with Crippen LogP contribution in [0.1, 0.15) is 31.8 Å². The molecule has 2 N–H and O–H groups in total. The third-order valence-corrected chi connectivity index (χ3v) is 3.27. The second-order valence-electron chi connectivity index (χ2n) is 4.58. The quantitative estimate of drug-likeness (QED) is 0.853. The van der Waals surface area contributed by atoms with Gasteiger partial charge in [-0.2, -0.15) is 0 Å². The lowest BCUT2D eigenvalue weighted by atomic mass is 9.96. The molecule has 6 heteroatoms. The number of anilines is 1. The fourth-order valence-electron chi connectivity index (χ4n) is 2.02. The lowest BCUT2D eigenvalue weighted by Crippen LogP contribution is -2.19. The highest BCUT2D eigenvalue weighted by molar-refractivity contribution is 6.29. The van der Waals surface area contributed by atoms with Gasteiger partial charge in [-0.3, -0.25) is 4.79 Å². The Labute approximate surface area is 126 Å². The molecule has 5 nitrogen and oxygen atoms in total. The van der Waals surface area contributed by atoms with Crippen LogP contribution in [-0.4, -0.2) is 22.0 Å². The molecule has 0 aliphatic carbocycles. The molecule has 1 aromatic carbocycles. The van der Waals surface area contributed by atoms with E-state index in [4.69, 9.17) is 11.6 Å². The van der Waals surface area contributed by atoms with Crippen LogP contribution in [0.5, 0.6) is 0 Å². The van der Waals surface area contributed by atoms with Gasteiger partial charge in [0.25, 0.3) is 5.91 Å². The van der Waals surface area contributed by atoms with Gasteiger partial charge in [0.05, 0.1) is 23.0 Å². The highest BCUT2D eigenvalue weighted by Crippen LogP contribution is 2.20. The number of hydrogen-bond acceptors (Lipinski definition) is 3. The summed E-state index contributed by atoms with van der Waals surface area (Å²) in [5.74, 6) is -1.62. The lowest BCUT2D eigenvalue weighted by Gasteiger charge is -2.12. The number of pyridine rings is 1. The van der Waals surface area contributed by atoms with Gasteiger partial charge < -0.3 is 10.4 Å². The third-order valence-electron chi connectivity index (χ3n) is 3.05. The summed E-state index contributed by atoms with van der Waals surface area (Å²) in [6.07, 6.45) is 1.41. The zero-order valence-electron chi connectivity index (χ0n) is 11.5. The minimum atomic E-state index is -1.13. The van der Waals surface area contributed by atoms with Crippen molar-refractivity contribution in [3.63, 3.8) is 0 Å². The lowest BCUT2D eigenvalue weighted by molar-refractivity contribution is 0.0691. The van der Waals surface area contributed by atoms with E-state index in [1.807, 2.05) is 0 Å². The molecule has 0 aliphatic rings. The number of aromatic carboxylic acids is 1. The zero-order valence-corrected chi connectivity index (χ0v) is 12.2. The number of rotatable bonds is 3. The van der Waals surface area contributed by atoms with E-state index < -0.39 is 11.9 Å². The number of carbonyl (C=O) groups is 2. The van der Waals surface area contributed by atoms with Gasteiger partial charge in [-0.1, -0.05) is 23.7 Å². The number of amides is 1. The number of hydrogen-bond donors (Lipinski definition) is 2. The van der Waals surface area contributed by atoms with Crippen LogP contribution in [0.4, 0.5) is 5.69 Å². The van der Waals surface area contributed by atoms with E-state index in [-0.39, 0.29) is 11.1 Å². The van der Waals surface area contributed by atoms with E-state index >= 15 is 0 Å². The minimum Gasteiger partial charge on any atom is -0.478 e. The maximum atomic E-state index is 12.4. The van der Waals surface area contributed by atoms with Crippen molar-refractivity contribution < 1.29 is 14.7 Å². The Morgan fingerprint density at radius 1 is 1.10 bits per heavy atom. The Balaban J connectivity index is 2.41. The largest absolute Gasteiger partial charge is 0.478 e. The van der Waals surface area contributed by atoms with Crippen LogP contribution < -0.4 is 5.32 Å². The average molecular weight is 305 g/mol. The van der Waals surface area contributed by atoms with Crippen LogP contribution in [0.15, 0.2) is 30.5 Å². The molecule has 2 rings (SSSR count). The maximum absolute atomic E-state index is 12.4. The van der Waals surface area contributed by atoms with Gasteiger partial charge >= 0.3 is 5.97 Å². The van der Waals surface area contributed by atoms with Gasteiger partial charge in [-0.25, -0.2) is 9.78 Å². The number of carboxylic acid groups (broad SMARTS) is 1. The summed E-state index contributed by atoms with van der Waals surface area (Å²) in [5.41, 5.74) is 1.73. The molecule has 1 amide bonds. The third kappa shape index (κ3) is 3.20. The van der Waals surface area contributed by atoms with Gasteiger partial charge in [0, 0.05) is 0 Å². The molecule has 0 aliphatic heterocycles. The van der Waals surface area contributed by atoms with Crippen LogP contribution in [-0.2, 0) is 0 Å². The standard InChI is InChI=1S/C15H13ClN2O3/c1-8-3-4-9(2)13(15(20)21)12(8)14(19)18-10-5-6-11(16)17-7-10/h3-7H,1-2H3,(H,18,19)(H,20,21). The van der Waals surface area contributed by atoms with Gasteiger partial charge in [-0.05, 0) is 37.1 Å². The number of halogens is 1. The number of nitrogens with zero attached hydrogens (tertiary/aromatic N) is 1. The molecule has 0 bridgehead atoms. The van der Waals surface area contributed by atoms with Crippen LogP contribution >= 0.6 is 11.6 Å². The normalized spacial score (nSPS) is 10.2. The second kappa shape index (κ2) is 5.93. The number of aromatic nitrogens is 1. The van der Waals surface area contributed by atoms with Crippen molar-refractivity contribution in [2.24, 2.45) is 0 Å². The number of benzene rings is 1. The topological polar surface area (TPSA) is 79.3 Å². The SMILES string of the molecule is Cc1ccc(C)c(C(=O)Nc2ccc(Cl)nc2)c1C(=O)O. The van der Waals surface area contributed by atoms with Gasteiger partial charge in [-0.15, -0.1) is 0 Å². The first-order valence-corrected chi connectivity index (χ1v) is 6.54. The van der Waals surface area contributed by atoms with E-state index in [0.29, 0.717) is 22.0 Å². The monoisotopic (exact) mass is 304 g/mol. The molecule has 0 saturated heterocycles. The number of aryl methyl sites for hydroxylation is 2. The van der Waals surface area contributed by atoms with Crippen LogP contribution in [0.2, 0.25) is 5.15 Å². The van der Waals surface area contributed by atoms with Gasteiger partial charge in [0.15, 0.2) is 0 Å². The Hall–Kier alpha value is -2.40. The predicted molar refractivity (Wildman–Crippen MR) is 80.1 cm³/mol. The van der Waals surface area contributed by atoms with Gasteiger partial charge in [0.1, 0.15) is 5.15 Å². The molecule has 108 valence electrons. The van der Waals surface area contributed by atoms with Crippen LogP contribution in [0.25, 0.3) is 0 Å². The van der Waals surface area contributed by atoms with Crippen molar-refractivity contribution >= 4 is 29.2 Å². The number of carboxylic acids is 1. The molecule has 0 fully saturated rings. The second-order valence-corrected chi connectivity index (χ2v) is 4.97. The smallest absolute Gasteiger partial charge is 0.336 e. The highest BCUT2D eigenvalue weighted by Gasteiger charge is 2.21. The predicted octanol–water partition coefficient (Wildman–Crippen LogP) is 3.30. The van der Waals surface area contributed by atoms with E-state index in [1.54, 1.807) is 38.1 Å². The first kappa shape index (κ1) is 15.0. The van der Waals surface area contributed by atoms with Crippen LogP contribution in [0, 0.1) is 13.8 Å². The Morgan fingerprint density at radius 2 is 1.71 bits per heavy atom. The number of nitrogens with one attached hydrogen (secondary N) is 1. The Bertz CT molecular complexity index is 712. The summed E-state index contributed by atoms with van der Waals surface area (Å²) in [5, 5.41) is 12.2. The van der Waals surface area contributed by atoms with Gasteiger partial charge in [0.2, 0.25) is 0 Å². The van der Waals surface area contributed by atoms with Crippen molar-refractivity contribution in [1.29, 1.82) is 0 Å². The fraction of sp³-hybridized carbons (Fsp3) is 0.133. The van der Waals surface area contributed by atoms with E-state index in [1.165, 1.54) is 6.20 Å². The first-order chi connectivity index (χ1) is 9.90. The molecule has 1 heterocycles. The first-order valence-electron chi connectivity index (χ1n) is 6.16. The molecule has 2 aromatic rings. The molecular weight excluding hydrogens is 292 g/mol. The summed E-state index contributed by atoms with van der Waals surface area (Å²) in [4.78, 5) is 27.6. The molecule has 0 radical (unpaired) electrons. The molecule has 0 atom stereocenters. The summed E-state index contributed by atoms with van der Waals surface area (Å²) in [7, 11) is 0. The maximum Gasteiger partial charge on any atom is 0.336 e.